The number of nitrogens with two attached hydrogens (primary N) is 1. The average molecular weight is 365 g/mol. The van der Waals surface area contributed by atoms with Crippen LogP contribution in [0.5, 0.6) is 0 Å². The summed E-state index contributed by atoms with van der Waals surface area (Å²) in [4.78, 5) is 14.1. The first-order chi connectivity index (χ1) is 12.6. The van der Waals surface area contributed by atoms with Crippen LogP contribution in [-0.4, -0.2) is 50.3 Å². The van der Waals surface area contributed by atoms with Crippen LogP contribution in [0, 0.1) is 5.82 Å². The third-order valence-corrected chi connectivity index (χ3v) is 6.04. The maximum atomic E-state index is 13.0. The number of benzene rings is 1. The third-order valence-electron chi connectivity index (χ3n) is 6.04. The van der Waals surface area contributed by atoms with Crippen molar-refractivity contribution in [3.8, 4) is 0 Å². The zero-order valence-electron chi connectivity index (χ0n) is 15.7. The molecule has 1 saturated heterocycles. The Morgan fingerprint density at radius 2 is 1.88 bits per heavy atom. The number of anilines is 1. The molecule has 1 aliphatic heterocycles. The SMILES string of the molecule is C[C@H]([NH2+]CC1([NH+]2CCOCC2)CCCCC1)C(=O)Nc1ccc(F)cc1. The van der Waals surface area contributed by atoms with E-state index in [2.05, 4.69) is 10.6 Å². The van der Waals surface area contributed by atoms with E-state index >= 15 is 0 Å². The summed E-state index contributed by atoms with van der Waals surface area (Å²) in [7, 11) is 0. The maximum absolute atomic E-state index is 13.0. The summed E-state index contributed by atoms with van der Waals surface area (Å²) in [5.74, 6) is -0.324. The number of carbonyl (C=O) groups excluding carboxylic acids is 1. The largest absolute Gasteiger partial charge is 0.370 e. The van der Waals surface area contributed by atoms with E-state index in [1.54, 1.807) is 17.0 Å². The molecule has 3 rings (SSSR count). The van der Waals surface area contributed by atoms with E-state index in [0.29, 0.717) is 5.69 Å². The van der Waals surface area contributed by atoms with Crippen LogP contribution in [0.25, 0.3) is 0 Å². The highest BCUT2D eigenvalue weighted by atomic mass is 19.1. The number of hydrogen-bond donors (Lipinski definition) is 3. The number of morpholine rings is 1. The van der Waals surface area contributed by atoms with E-state index in [1.807, 2.05) is 6.92 Å². The molecule has 1 aromatic rings. The molecule has 2 aliphatic rings. The number of rotatable bonds is 6. The molecule has 26 heavy (non-hydrogen) atoms. The van der Waals surface area contributed by atoms with Gasteiger partial charge in [-0.1, -0.05) is 6.42 Å². The van der Waals surface area contributed by atoms with E-state index in [0.717, 1.165) is 32.8 Å². The highest BCUT2D eigenvalue weighted by Gasteiger charge is 2.44. The van der Waals surface area contributed by atoms with Crippen molar-refractivity contribution in [2.75, 3.05) is 38.2 Å². The molecular formula is C20H32FN3O2+2. The van der Waals surface area contributed by atoms with Crippen molar-refractivity contribution in [3.05, 3.63) is 30.1 Å². The maximum Gasteiger partial charge on any atom is 0.282 e. The first kappa shape index (κ1) is 19.3. The summed E-state index contributed by atoms with van der Waals surface area (Å²) in [5.41, 5.74) is 0.912. The summed E-state index contributed by atoms with van der Waals surface area (Å²) >= 11 is 0. The van der Waals surface area contributed by atoms with Crippen LogP contribution in [-0.2, 0) is 9.53 Å². The van der Waals surface area contributed by atoms with Crippen LogP contribution >= 0.6 is 0 Å². The third kappa shape index (κ3) is 4.81. The average Bonchev–Trinajstić information content (AvgIpc) is 2.69. The van der Waals surface area contributed by atoms with Crippen molar-refractivity contribution < 1.29 is 24.1 Å². The molecule has 0 radical (unpaired) electrons. The van der Waals surface area contributed by atoms with Gasteiger partial charge in [0.15, 0.2) is 6.04 Å². The lowest BCUT2D eigenvalue weighted by molar-refractivity contribution is -0.975. The van der Waals surface area contributed by atoms with Crippen LogP contribution < -0.4 is 15.5 Å². The molecule has 1 aromatic carbocycles. The molecule has 1 aliphatic carbocycles. The minimum atomic E-state index is -0.296. The predicted octanol–water partition coefficient (Wildman–Crippen LogP) is 0.334. The lowest BCUT2D eigenvalue weighted by atomic mass is 9.79. The van der Waals surface area contributed by atoms with E-state index in [4.69, 9.17) is 4.74 Å². The van der Waals surface area contributed by atoms with Gasteiger partial charge in [-0.3, -0.25) is 4.79 Å². The van der Waals surface area contributed by atoms with Gasteiger partial charge in [0.25, 0.3) is 5.91 Å². The zero-order chi connectivity index (χ0) is 18.4. The fraction of sp³-hybridized carbons (Fsp3) is 0.650. The van der Waals surface area contributed by atoms with Gasteiger partial charge in [-0.05, 0) is 44.0 Å². The second-order valence-electron chi connectivity index (χ2n) is 7.78. The molecule has 4 N–H and O–H groups in total. The van der Waals surface area contributed by atoms with Gasteiger partial charge in [-0.15, -0.1) is 0 Å². The number of halogens is 1. The molecule has 0 aromatic heterocycles. The Balaban J connectivity index is 1.57. The number of nitrogens with one attached hydrogen (secondary N) is 2. The minimum Gasteiger partial charge on any atom is -0.370 e. The molecule has 1 atom stereocenters. The normalized spacial score (nSPS) is 21.9. The second-order valence-corrected chi connectivity index (χ2v) is 7.78. The van der Waals surface area contributed by atoms with Crippen LogP contribution in [0.15, 0.2) is 24.3 Å². The van der Waals surface area contributed by atoms with Crippen molar-refractivity contribution in [3.63, 3.8) is 0 Å². The van der Waals surface area contributed by atoms with Crippen LogP contribution in [0.3, 0.4) is 0 Å². The Bertz CT molecular complexity index is 581. The van der Waals surface area contributed by atoms with Crippen molar-refractivity contribution >= 4 is 11.6 Å². The summed E-state index contributed by atoms with van der Waals surface area (Å²) in [5, 5.41) is 5.07. The van der Waals surface area contributed by atoms with E-state index in [-0.39, 0.29) is 23.3 Å². The highest BCUT2D eigenvalue weighted by Crippen LogP contribution is 2.24. The summed E-state index contributed by atoms with van der Waals surface area (Å²) < 4.78 is 18.6. The summed E-state index contributed by atoms with van der Waals surface area (Å²) in [6.45, 7) is 6.76. The van der Waals surface area contributed by atoms with E-state index in [9.17, 15) is 9.18 Å². The molecule has 6 heteroatoms. The Kier molecular flexibility index (Phi) is 6.62. The number of amides is 1. The smallest absolute Gasteiger partial charge is 0.282 e. The number of ether oxygens (including phenoxy) is 1. The Morgan fingerprint density at radius 1 is 1.23 bits per heavy atom. The quantitative estimate of drug-likeness (QED) is 0.681. The van der Waals surface area contributed by atoms with Crippen LogP contribution in [0.2, 0.25) is 0 Å². The Labute approximate surface area is 155 Å². The molecular weight excluding hydrogens is 333 g/mol. The fourth-order valence-corrected chi connectivity index (χ4v) is 4.38. The topological polar surface area (TPSA) is 59.4 Å². The monoisotopic (exact) mass is 365 g/mol. The van der Waals surface area contributed by atoms with Gasteiger partial charge in [0.05, 0.1) is 13.2 Å². The Morgan fingerprint density at radius 3 is 2.54 bits per heavy atom. The van der Waals surface area contributed by atoms with Gasteiger partial charge in [-0.2, -0.15) is 0 Å². The first-order valence-electron chi connectivity index (χ1n) is 9.92. The van der Waals surface area contributed by atoms with Crippen LogP contribution in [0.4, 0.5) is 10.1 Å². The number of carbonyl (C=O) groups is 1. The van der Waals surface area contributed by atoms with Crippen molar-refractivity contribution in [1.29, 1.82) is 0 Å². The summed E-state index contributed by atoms with van der Waals surface area (Å²) in [6, 6.07) is 5.76. The molecule has 5 nitrogen and oxygen atoms in total. The molecule has 144 valence electrons. The summed E-state index contributed by atoms with van der Waals surface area (Å²) in [6.07, 6.45) is 6.38. The Hall–Kier alpha value is -1.50. The number of hydrogen-bond acceptors (Lipinski definition) is 2. The van der Waals surface area contributed by atoms with Gasteiger partial charge >= 0.3 is 0 Å². The van der Waals surface area contributed by atoms with Gasteiger partial charge in [0.2, 0.25) is 0 Å². The molecule has 1 saturated carbocycles. The molecule has 2 fully saturated rings. The second kappa shape index (κ2) is 8.93. The van der Waals surface area contributed by atoms with Gasteiger partial charge in [0, 0.05) is 18.5 Å². The zero-order valence-corrected chi connectivity index (χ0v) is 15.7. The predicted molar refractivity (Wildman–Crippen MR) is 98.6 cm³/mol. The van der Waals surface area contributed by atoms with E-state index in [1.165, 1.54) is 44.2 Å². The molecule has 0 unspecified atom stereocenters. The van der Waals surface area contributed by atoms with Crippen molar-refractivity contribution in [1.82, 2.24) is 0 Å². The van der Waals surface area contributed by atoms with Crippen LogP contribution in [0.1, 0.15) is 39.0 Å². The van der Waals surface area contributed by atoms with Gasteiger partial charge in [-0.25, -0.2) is 4.39 Å². The number of quaternary nitrogens is 2. The lowest BCUT2D eigenvalue weighted by Gasteiger charge is -2.43. The minimum absolute atomic E-state index is 0.0282. The van der Waals surface area contributed by atoms with Crippen molar-refractivity contribution in [2.45, 2.75) is 50.6 Å². The molecule has 0 spiro atoms. The first-order valence-corrected chi connectivity index (χ1v) is 9.92. The molecule has 1 amide bonds. The highest BCUT2D eigenvalue weighted by molar-refractivity contribution is 5.93. The lowest BCUT2D eigenvalue weighted by Crippen LogP contribution is -3.25. The van der Waals surface area contributed by atoms with E-state index < -0.39 is 0 Å². The molecule has 1 heterocycles. The fourth-order valence-electron chi connectivity index (χ4n) is 4.38. The van der Waals surface area contributed by atoms with Crippen molar-refractivity contribution in [2.24, 2.45) is 0 Å². The molecule has 0 bridgehead atoms. The van der Waals surface area contributed by atoms with Gasteiger partial charge < -0.3 is 20.3 Å². The van der Waals surface area contributed by atoms with Gasteiger partial charge in [0.1, 0.15) is 31.0 Å². The standard InChI is InChI=1S/C20H30FN3O2/c1-16(19(25)23-18-7-5-17(21)6-8-18)22-15-20(9-3-2-4-10-20)24-11-13-26-14-12-24/h5-8,16,22H,2-4,9-15H2,1H3,(H,23,25)/p+2/t16-/m0/s1.